The van der Waals surface area contributed by atoms with Gasteiger partial charge in [0.05, 0.1) is 42.5 Å². The fourth-order valence-electron chi connectivity index (χ4n) is 3.12. The zero-order chi connectivity index (χ0) is 21.7. The number of hydrogen-bond donors (Lipinski definition) is 0. The number of methoxy groups -OCH3 is 1. The number of fused-ring (bicyclic) bond motifs is 1. The van der Waals surface area contributed by atoms with E-state index in [-0.39, 0.29) is 24.8 Å². The number of thiazole rings is 1. The second kappa shape index (κ2) is 9.42. The highest BCUT2D eigenvalue weighted by molar-refractivity contribution is 7.16. The van der Waals surface area contributed by atoms with Crippen molar-refractivity contribution in [1.29, 1.82) is 0 Å². The summed E-state index contributed by atoms with van der Waals surface area (Å²) in [5.74, 6) is 2.71. The first-order valence-electron chi connectivity index (χ1n) is 9.41. The fourth-order valence-corrected chi connectivity index (χ4v) is 4.20. The van der Waals surface area contributed by atoms with E-state index in [4.69, 9.17) is 15.9 Å². The number of benzene rings is 2. The van der Waals surface area contributed by atoms with Crippen LogP contribution >= 0.6 is 11.3 Å². The maximum absolute atomic E-state index is 12.6. The van der Waals surface area contributed by atoms with Crippen LogP contribution < -0.4 is 9.54 Å². The summed E-state index contributed by atoms with van der Waals surface area (Å²) in [7, 11) is 1.61. The Bertz CT molecular complexity index is 1210. The zero-order valence-electron chi connectivity index (χ0n) is 17.1. The van der Waals surface area contributed by atoms with Gasteiger partial charge in [-0.1, -0.05) is 29.4 Å². The molecule has 0 unspecified atom stereocenters. The normalized spacial score (nSPS) is 11.3. The molecular formula is C23H22N2O4S. The molecule has 0 atom stereocenters. The standard InChI is InChI=1S/C23H22N2O4S/c1-5-11-25-18-9-8-17(22(27)29-6-2)14-20(18)30-23(25)24-21(26)13-16-7-10-19(28-4)15(3)12-16/h1,7-10,12,14H,6,11,13H2,2-4H3. The third-order valence-electron chi connectivity index (χ3n) is 4.48. The van der Waals surface area contributed by atoms with Crippen molar-refractivity contribution in [2.45, 2.75) is 26.8 Å². The minimum absolute atomic E-state index is 0.170. The molecule has 0 fully saturated rings. The lowest BCUT2D eigenvalue weighted by Gasteiger charge is -2.06. The molecule has 0 spiro atoms. The van der Waals surface area contributed by atoms with Crippen molar-refractivity contribution in [1.82, 2.24) is 4.57 Å². The molecule has 0 aliphatic rings. The Morgan fingerprint density at radius 1 is 1.23 bits per heavy atom. The molecular weight excluding hydrogens is 400 g/mol. The van der Waals surface area contributed by atoms with Crippen molar-refractivity contribution in [2.24, 2.45) is 4.99 Å². The van der Waals surface area contributed by atoms with E-state index in [0.29, 0.717) is 17.0 Å². The zero-order valence-corrected chi connectivity index (χ0v) is 17.9. The molecule has 0 bridgehead atoms. The van der Waals surface area contributed by atoms with E-state index in [1.807, 2.05) is 25.1 Å². The number of carbonyl (C=O) groups excluding carboxylic acids is 2. The number of nitrogens with zero attached hydrogens (tertiary/aromatic N) is 2. The van der Waals surface area contributed by atoms with E-state index in [1.54, 1.807) is 36.8 Å². The van der Waals surface area contributed by atoms with Gasteiger partial charge in [-0.05, 0) is 49.2 Å². The van der Waals surface area contributed by atoms with Crippen LogP contribution in [0.4, 0.5) is 0 Å². The lowest BCUT2D eigenvalue weighted by atomic mass is 10.1. The smallest absolute Gasteiger partial charge is 0.338 e. The molecule has 3 rings (SSSR count). The summed E-state index contributed by atoms with van der Waals surface area (Å²) < 4.78 is 12.9. The molecule has 0 saturated heterocycles. The average Bonchev–Trinajstić information content (AvgIpc) is 3.04. The quantitative estimate of drug-likeness (QED) is 0.450. The summed E-state index contributed by atoms with van der Waals surface area (Å²) >= 11 is 1.31. The molecule has 0 radical (unpaired) electrons. The lowest BCUT2D eigenvalue weighted by Crippen LogP contribution is -2.17. The molecule has 6 nitrogen and oxygen atoms in total. The van der Waals surface area contributed by atoms with Gasteiger partial charge in [0.15, 0.2) is 4.80 Å². The fraction of sp³-hybridized carbons (Fsp3) is 0.261. The molecule has 0 N–H and O–H groups in total. The van der Waals surface area contributed by atoms with Gasteiger partial charge in [0.2, 0.25) is 0 Å². The second-order valence-corrected chi connectivity index (χ2v) is 7.57. The highest BCUT2D eigenvalue weighted by atomic mass is 32.1. The Kier molecular flexibility index (Phi) is 6.70. The molecule has 1 amide bonds. The molecule has 2 aromatic carbocycles. The number of hydrogen-bond acceptors (Lipinski definition) is 5. The van der Waals surface area contributed by atoms with Gasteiger partial charge in [-0.25, -0.2) is 4.79 Å². The molecule has 7 heteroatoms. The van der Waals surface area contributed by atoms with Gasteiger partial charge in [-0.2, -0.15) is 4.99 Å². The van der Waals surface area contributed by atoms with Crippen LogP contribution in [0.3, 0.4) is 0 Å². The molecule has 1 aromatic heterocycles. The third-order valence-corrected chi connectivity index (χ3v) is 5.52. The first kappa shape index (κ1) is 21.3. The van der Waals surface area contributed by atoms with Gasteiger partial charge in [0.25, 0.3) is 5.91 Å². The second-order valence-electron chi connectivity index (χ2n) is 6.56. The highest BCUT2D eigenvalue weighted by Crippen LogP contribution is 2.21. The Labute approximate surface area is 178 Å². The number of esters is 1. The minimum Gasteiger partial charge on any atom is -0.496 e. The first-order valence-corrected chi connectivity index (χ1v) is 10.2. The van der Waals surface area contributed by atoms with Crippen LogP contribution in [-0.4, -0.2) is 30.2 Å². The van der Waals surface area contributed by atoms with Crippen LogP contribution in [0.5, 0.6) is 5.75 Å². The molecule has 30 heavy (non-hydrogen) atoms. The van der Waals surface area contributed by atoms with E-state index >= 15 is 0 Å². The predicted octanol–water partition coefficient (Wildman–Crippen LogP) is 3.50. The van der Waals surface area contributed by atoms with E-state index in [2.05, 4.69) is 10.9 Å². The molecule has 0 aliphatic heterocycles. The molecule has 3 aromatic rings. The van der Waals surface area contributed by atoms with Crippen LogP contribution in [-0.2, 0) is 22.5 Å². The Morgan fingerprint density at radius 2 is 2.03 bits per heavy atom. The predicted molar refractivity (Wildman–Crippen MR) is 117 cm³/mol. The van der Waals surface area contributed by atoms with Crippen molar-refractivity contribution in [3.05, 3.63) is 57.9 Å². The molecule has 1 heterocycles. The Hall–Kier alpha value is -3.37. The van der Waals surface area contributed by atoms with Crippen LogP contribution in [0.1, 0.15) is 28.4 Å². The van der Waals surface area contributed by atoms with Crippen LogP contribution in [0.25, 0.3) is 10.2 Å². The van der Waals surface area contributed by atoms with Crippen molar-refractivity contribution < 1.29 is 19.1 Å². The largest absolute Gasteiger partial charge is 0.496 e. The lowest BCUT2D eigenvalue weighted by molar-refractivity contribution is -0.117. The number of amides is 1. The average molecular weight is 423 g/mol. The molecule has 154 valence electrons. The number of terminal acetylenes is 1. The first-order chi connectivity index (χ1) is 14.5. The summed E-state index contributed by atoms with van der Waals surface area (Å²) in [4.78, 5) is 29.4. The maximum Gasteiger partial charge on any atom is 0.338 e. The minimum atomic E-state index is -0.388. The Balaban J connectivity index is 1.96. The SMILES string of the molecule is C#CCn1c(=NC(=O)Cc2ccc(OC)c(C)c2)sc2cc(C(=O)OCC)ccc21. The third kappa shape index (κ3) is 4.61. The summed E-state index contributed by atoms with van der Waals surface area (Å²) in [5, 5.41) is 0. The van der Waals surface area contributed by atoms with E-state index in [1.165, 1.54) is 11.3 Å². The van der Waals surface area contributed by atoms with Gasteiger partial charge in [-0.3, -0.25) is 4.79 Å². The Morgan fingerprint density at radius 3 is 2.70 bits per heavy atom. The van der Waals surface area contributed by atoms with Crippen molar-refractivity contribution in [3.8, 4) is 18.1 Å². The summed E-state index contributed by atoms with van der Waals surface area (Å²) in [5.41, 5.74) is 3.08. The van der Waals surface area contributed by atoms with Gasteiger partial charge >= 0.3 is 5.97 Å². The van der Waals surface area contributed by atoms with E-state index in [0.717, 1.165) is 27.1 Å². The van der Waals surface area contributed by atoms with Crippen molar-refractivity contribution in [3.63, 3.8) is 0 Å². The molecule has 0 saturated carbocycles. The van der Waals surface area contributed by atoms with Crippen LogP contribution in [0.2, 0.25) is 0 Å². The topological polar surface area (TPSA) is 69.9 Å². The highest BCUT2D eigenvalue weighted by Gasteiger charge is 2.12. The number of aromatic nitrogens is 1. The summed E-state index contributed by atoms with van der Waals surface area (Å²) in [6, 6.07) is 10.8. The van der Waals surface area contributed by atoms with Gasteiger partial charge in [-0.15, -0.1) is 6.42 Å². The number of ether oxygens (including phenoxy) is 2. The summed E-state index contributed by atoms with van der Waals surface area (Å²) in [6.45, 7) is 4.26. The van der Waals surface area contributed by atoms with Crippen LogP contribution in [0, 0.1) is 19.3 Å². The summed E-state index contributed by atoms with van der Waals surface area (Å²) in [6.07, 6.45) is 5.69. The monoisotopic (exact) mass is 422 g/mol. The molecule has 0 aliphatic carbocycles. The van der Waals surface area contributed by atoms with Crippen LogP contribution in [0.15, 0.2) is 41.4 Å². The van der Waals surface area contributed by atoms with Gasteiger partial charge in [0.1, 0.15) is 5.75 Å². The van der Waals surface area contributed by atoms with Gasteiger partial charge < -0.3 is 14.0 Å². The number of aryl methyl sites for hydroxylation is 1. The number of carbonyl (C=O) groups is 2. The van der Waals surface area contributed by atoms with Crippen molar-refractivity contribution in [2.75, 3.05) is 13.7 Å². The number of rotatable bonds is 6. The van der Waals surface area contributed by atoms with Gasteiger partial charge in [0, 0.05) is 0 Å². The van der Waals surface area contributed by atoms with E-state index < -0.39 is 0 Å². The maximum atomic E-state index is 12.6. The van der Waals surface area contributed by atoms with E-state index in [9.17, 15) is 9.59 Å². The van der Waals surface area contributed by atoms with Crippen molar-refractivity contribution >= 4 is 33.4 Å².